The molecule has 1 aromatic heterocycles. The summed E-state index contributed by atoms with van der Waals surface area (Å²) in [6, 6.07) is 12.3. The summed E-state index contributed by atoms with van der Waals surface area (Å²) in [6.45, 7) is 0.403. The van der Waals surface area contributed by atoms with Crippen LogP contribution in [0.15, 0.2) is 53.3 Å². The van der Waals surface area contributed by atoms with Gasteiger partial charge in [0.1, 0.15) is 0 Å². The minimum absolute atomic E-state index is 0.104. The maximum absolute atomic E-state index is 9.73. The summed E-state index contributed by atoms with van der Waals surface area (Å²) in [5.41, 5.74) is 2.33. The number of anilines is 1. The minimum Gasteiger partial charge on any atom is -0.504 e. The Bertz CT molecular complexity index is 724. The Labute approximate surface area is 120 Å². The van der Waals surface area contributed by atoms with Gasteiger partial charge in [-0.05, 0) is 30.3 Å². The lowest BCUT2D eigenvalue weighted by atomic mass is 10.1. The van der Waals surface area contributed by atoms with Gasteiger partial charge < -0.3 is 19.9 Å². The molecule has 0 amide bonds. The molecule has 6 nitrogen and oxygen atoms in total. The standard InChI is InChI=1S/C15H13N3O3/c19-13-3-1-2-11(14(13)20)8-16-12-6-4-10(5-7-12)15-18-17-9-21-15/h1-7,9,16,19-20H,8H2. The summed E-state index contributed by atoms with van der Waals surface area (Å²) in [7, 11) is 0. The molecule has 6 heteroatoms. The third kappa shape index (κ3) is 2.79. The normalized spacial score (nSPS) is 10.5. The van der Waals surface area contributed by atoms with Crippen LogP contribution < -0.4 is 5.32 Å². The number of para-hydroxylation sites is 1. The van der Waals surface area contributed by atoms with Crippen molar-refractivity contribution >= 4 is 5.69 Å². The number of aromatic nitrogens is 2. The Morgan fingerprint density at radius 3 is 2.57 bits per heavy atom. The first-order valence-electron chi connectivity index (χ1n) is 6.34. The largest absolute Gasteiger partial charge is 0.504 e. The highest BCUT2D eigenvalue weighted by Crippen LogP contribution is 2.28. The summed E-state index contributed by atoms with van der Waals surface area (Å²) < 4.78 is 5.11. The molecule has 0 radical (unpaired) electrons. The van der Waals surface area contributed by atoms with E-state index in [1.54, 1.807) is 12.1 Å². The fourth-order valence-electron chi connectivity index (χ4n) is 1.95. The van der Waals surface area contributed by atoms with Gasteiger partial charge in [0.15, 0.2) is 11.5 Å². The van der Waals surface area contributed by atoms with Gasteiger partial charge in [0.2, 0.25) is 12.3 Å². The molecule has 3 rings (SSSR count). The first kappa shape index (κ1) is 13.0. The molecule has 3 N–H and O–H groups in total. The van der Waals surface area contributed by atoms with E-state index in [4.69, 9.17) is 4.42 Å². The van der Waals surface area contributed by atoms with E-state index in [2.05, 4.69) is 15.5 Å². The van der Waals surface area contributed by atoms with E-state index in [9.17, 15) is 10.2 Å². The molecular weight excluding hydrogens is 270 g/mol. The van der Waals surface area contributed by atoms with Crippen LogP contribution in [-0.2, 0) is 6.54 Å². The molecule has 0 aliphatic rings. The van der Waals surface area contributed by atoms with Gasteiger partial charge in [-0.15, -0.1) is 10.2 Å². The molecule has 0 aliphatic carbocycles. The van der Waals surface area contributed by atoms with Crippen LogP contribution in [0.1, 0.15) is 5.56 Å². The van der Waals surface area contributed by atoms with E-state index < -0.39 is 0 Å². The highest BCUT2D eigenvalue weighted by Gasteiger charge is 2.06. The predicted molar refractivity (Wildman–Crippen MR) is 76.8 cm³/mol. The number of rotatable bonds is 4. The Morgan fingerprint density at radius 1 is 1.05 bits per heavy atom. The number of nitrogens with one attached hydrogen (secondary N) is 1. The molecule has 106 valence electrons. The minimum atomic E-state index is -0.124. The first-order valence-corrected chi connectivity index (χ1v) is 6.34. The number of nitrogens with zero attached hydrogens (tertiary/aromatic N) is 2. The first-order chi connectivity index (χ1) is 10.2. The average Bonchev–Trinajstić information content (AvgIpc) is 3.04. The van der Waals surface area contributed by atoms with Crippen molar-refractivity contribution in [2.45, 2.75) is 6.54 Å². The lowest BCUT2D eigenvalue weighted by Crippen LogP contribution is -1.99. The smallest absolute Gasteiger partial charge is 0.247 e. The third-order valence-corrected chi connectivity index (χ3v) is 3.07. The number of hydrogen-bond donors (Lipinski definition) is 3. The van der Waals surface area contributed by atoms with Crippen molar-refractivity contribution in [2.75, 3.05) is 5.32 Å². The third-order valence-electron chi connectivity index (χ3n) is 3.07. The van der Waals surface area contributed by atoms with Crippen LogP contribution in [0.3, 0.4) is 0 Å². The van der Waals surface area contributed by atoms with Gasteiger partial charge in [0.25, 0.3) is 0 Å². The van der Waals surface area contributed by atoms with Gasteiger partial charge in [-0.3, -0.25) is 0 Å². The van der Waals surface area contributed by atoms with Crippen LogP contribution in [0.4, 0.5) is 5.69 Å². The SMILES string of the molecule is Oc1cccc(CNc2ccc(-c3nnco3)cc2)c1O. The van der Waals surface area contributed by atoms with Crippen LogP contribution in [0.25, 0.3) is 11.5 Å². The fraction of sp³-hybridized carbons (Fsp3) is 0.0667. The Hall–Kier alpha value is -3.02. The summed E-state index contributed by atoms with van der Waals surface area (Å²) in [5.74, 6) is 0.237. The van der Waals surface area contributed by atoms with Gasteiger partial charge in [-0.1, -0.05) is 12.1 Å². The molecule has 0 bridgehead atoms. The molecular formula is C15H13N3O3. The van der Waals surface area contributed by atoms with Crippen molar-refractivity contribution in [1.29, 1.82) is 0 Å². The summed E-state index contributed by atoms with van der Waals surface area (Å²) >= 11 is 0. The van der Waals surface area contributed by atoms with Crippen LogP contribution >= 0.6 is 0 Å². The van der Waals surface area contributed by atoms with Crippen molar-refractivity contribution in [1.82, 2.24) is 10.2 Å². The van der Waals surface area contributed by atoms with Gasteiger partial charge >= 0.3 is 0 Å². The number of phenolic OH excluding ortho intramolecular Hbond substituents is 2. The number of hydrogen-bond acceptors (Lipinski definition) is 6. The topological polar surface area (TPSA) is 91.4 Å². The number of aromatic hydroxyl groups is 2. The van der Waals surface area contributed by atoms with Crippen LogP contribution in [0.5, 0.6) is 11.5 Å². The van der Waals surface area contributed by atoms with Gasteiger partial charge in [0.05, 0.1) is 0 Å². The van der Waals surface area contributed by atoms with E-state index in [0.717, 1.165) is 11.3 Å². The van der Waals surface area contributed by atoms with E-state index in [1.807, 2.05) is 24.3 Å². The molecule has 0 saturated carbocycles. The maximum Gasteiger partial charge on any atom is 0.247 e. The predicted octanol–water partition coefficient (Wildman–Crippen LogP) is 2.76. The van der Waals surface area contributed by atoms with E-state index in [-0.39, 0.29) is 11.5 Å². The fourth-order valence-corrected chi connectivity index (χ4v) is 1.95. The van der Waals surface area contributed by atoms with E-state index in [1.165, 1.54) is 12.5 Å². The lowest BCUT2D eigenvalue weighted by Gasteiger charge is -2.09. The highest BCUT2D eigenvalue weighted by atomic mass is 16.4. The van der Waals surface area contributed by atoms with Crippen molar-refractivity contribution in [3.05, 3.63) is 54.4 Å². The zero-order valence-electron chi connectivity index (χ0n) is 11.0. The molecule has 2 aromatic carbocycles. The van der Waals surface area contributed by atoms with Crippen molar-refractivity contribution in [3.8, 4) is 23.0 Å². The number of phenols is 2. The Kier molecular flexibility index (Phi) is 3.42. The highest BCUT2D eigenvalue weighted by molar-refractivity contribution is 5.58. The summed E-state index contributed by atoms with van der Waals surface area (Å²) in [6.07, 6.45) is 1.28. The molecule has 21 heavy (non-hydrogen) atoms. The maximum atomic E-state index is 9.73. The Morgan fingerprint density at radius 2 is 1.86 bits per heavy atom. The molecule has 3 aromatic rings. The van der Waals surface area contributed by atoms with Crippen molar-refractivity contribution in [2.24, 2.45) is 0 Å². The second-order valence-electron chi connectivity index (χ2n) is 4.46. The van der Waals surface area contributed by atoms with Gasteiger partial charge in [-0.25, -0.2) is 0 Å². The van der Waals surface area contributed by atoms with Crippen LogP contribution in [-0.4, -0.2) is 20.4 Å². The summed E-state index contributed by atoms with van der Waals surface area (Å²) in [5, 5.41) is 29.8. The molecule has 0 saturated heterocycles. The molecule has 0 fully saturated rings. The van der Waals surface area contributed by atoms with Crippen molar-refractivity contribution < 1.29 is 14.6 Å². The van der Waals surface area contributed by atoms with Crippen LogP contribution in [0.2, 0.25) is 0 Å². The Balaban J connectivity index is 1.70. The molecule has 1 heterocycles. The monoisotopic (exact) mass is 283 g/mol. The zero-order chi connectivity index (χ0) is 14.7. The molecule has 0 spiro atoms. The second kappa shape index (κ2) is 5.54. The zero-order valence-corrected chi connectivity index (χ0v) is 11.0. The van der Waals surface area contributed by atoms with Gasteiger partial charge in [-0.2, -0.15) is 0 Å². The average molecular weight is 283 g/mol. The molecule has 0 atom stereocenters. The quantitative estimate of drug-likeness (QED) is 0.638. The molecule has 0 unspecified atom stereocenters. The van der Waals surface area contributed by atoms with Gasteiger partial charge in [0, 0.05) is 23.4 Å². The lowest BCUT2D eigenvalue weighted by molar-refractivity contribution is 0.400. The number of benzene rings is 2. The second-order valence-corrected chi connectivity index (χ2v) is 4.46. The van der Waals surface area contributed by atoms with Crippen LogP contribution in [0, 0.1) is 0 Å². The van der Waals surface area contributed by atoms with E-state index >= 15 is 0 Å². The summed E-state index contributed by atoms with van der Waals surface area (Å²) in [4.78, 5) is 0. The molecule has 0 aliphatic heterocycles. The van der Waals surface area contributed by atoms with E-state index in [0.29, 0.717) is 18.0 Å². The van der Waals surface area contributed by atoms with Crippen molar-refractivity contribution in [3.63, 3.8) is 0 Å².